The number of hydrogen-bond donors (Lipinski definition) is 0. The fourth-order valence-electron chi connectivity index (χ4n) is 8.52. The van der Waals surface area contributed by atoms with E-state index in [0.717, 1.165) is 0 Å². The van der Waals surface area contributed by atoms with Crippen molar-refractivity contribution in [1.29, 1.82) is 0 Å². The number of hydrogen-bond acceptors (Lipinski definition) is 2. The van der Waals surface area contributed by atoms with Gasteiger partial charge in [-0.3, -0.25) is 0 Å². The van der Waals surface area contributed by atoms with Crippen LogP contribution in [0.1, 0.15) is 5.56 Å². The fraction of sp³-hybridized carbons (Fsp3) is 0.0244. The Bertz CT molecular complexity index is 2750. The Morgan fingerprint density at radius 1 is 0.556 bits per heavy atom. The van der Waals surface area contributed by atoms with Gasteiger partial charge in [0.15, 0.2) is 0 Å². The van der Waals surface area contributed by atoms with Crippen LogP contribution in [0.3, 0.4) is 0 Å². The molecule has 0 amide bonds. The van der Waals surface area contributed by atoms with Crippen LogP contribution in [-0.2, 0) is 0 Å². The third kappa shape index (κ3) is 2.91. The highest BCUT2D eigenvalue weighted by molar-refractivity contribution is 7.26. The highest BCUT2D eigenvalue weighted by atomic mass is 32.1. The Labute approximate surface area is 264 Å². The summed E-state index contributed by atoms with van der Waals surface area (Å²) in [5.41, 5.74) is 13.2. The number of para-hydroxylation sites is 3. The zero-order chi connectivity index (χ0) is 29.4. The molecule has 2 aliphatic rings. The lowest BCUT2D eigenvalue weighted by Gasteiger charge is -2.43. The number of thiophene rings is 1. The van der Waals surface area contributed by atoms with Crippen molar-refractivity contribution in [2.45, 2.75) is 6.92 Å². The number of anilines is 2. The summed E-state index contributed by atoms with van der Waals surface area (Å²) in [6.45, 7) is 2.28. The van der Waals surface area contributed by atoms with Crippen molar-refractivity contribution in [1.82, 2.24) is 4.57 Å². The fourth-order valence-corrected chi connectivity index (χ4v) is 9.63. The Morgan fingerprint density at radius 2 is 1.31 bits per heavy atom. The Hall–Kier alpha value is -5.32. The van der Waals surface area contributed by atoms with Gasteiger partial charge in [0.25, 0.3) is 0 Å². The first-order chi connectivity index (χ1) is 22.3. The van der Waals surface area contributed by atoms with Gasteiger partial charge in [-0.1, -0.05) is 97.1 Å². The van der Waals surface area contributed by atoms with Crippen LogP contribution in [0.2, 0.25) is 0 Å². The maximum Gasteiger partial charge on any atom is 0.333 e. The van der Waals surface area contributed by atoms with Crippen LogP contribution >= 0.6 is 11.3 Å². The van der Waals surface area contributed by atoms with Gasteiger partial charge in [-0.2, -0.15) is 0 Å². The molecule has 0 bridgehead atoms. The van der Waals surface area contributed by atoms with Gasteiger partial charge in [0.05, 0.1) is 11.0 Å². The summed E-state index contributed by atoms with van der Waals surface area (Å²) in [5.74, 6) is 0. The van der Waals surface area contributed by atoms with Crippen LogP contribution in [-0.4, -0.2) is 11.4 Å². The third-order valence-electron chi connectivity index (χ3n) is 10.3. The maximum atomic E-state index is 2.66. The molecular weight excluding hydrogens is 563 g/mol. The van der Waals surface area contributed by atoms with Gasteiger partial charge in [0.1, 0.15) is 0 Å². The van der Waals surface area contributed by atoms with E-state index in [1.807, 2.05) is 11.3 Å². The smallest absolute Gasteiger partial charge is 0.333 e. The molecule has 11 rings (SSSR count). The molecule has 0 N–H and O–H groups in total. The topological polar surface area (TPSA) is 8.17 Å². The molecule has 0 atom stereocenters. The van der Waals surface area contributed by atoms with E-state index in [4.69, 9.17) is 0 Å². The molecule has 2 aromatic heterocycles. The number of rotatable bonds is 1. The van der Waals surface area contributed by atoms with Gasteiger partial charge in [-0.05, 0) is 76.1 Å². The summed E-state index contributed by atoms with van der Waals surface area (Å²) >= 11 is 1.90. The van der Waals surface area contributed by atoms with E-state index in [2.05, 4.69) is 150 Å². The Kier molecular flexibility index (Phi) is 4.51. The Morgan fingerprint density at radius 3 is 2.22 bits per heavy atom. The van der Waals surface area contributed by atoms with Gasteiger partial charge in [0.2, 0.25) is 0 Å². The number of aryl methyl sites for hydroxylation is 1. The molecule has 7 aromatic carbocycles. The van der Waals surface area contributed by atoms with Crippen LogP contribution in [0.5, 0.6) is 0 Å². The summed E-state index contributed by atoms with van der Waals surface area (Å²) in [4.78, 5) is 2.66. The largest absolute Gasteiger partial charge is 0.376 e. The summed E-state index contributed by atoms with van der Waals surface area (Å²) in [7, 11) is 0. The summed E-state index contributed by atoms with van der Waals surface area (Å²) in [6.07, 6.45) is 0. The van der Waals surface area contributed by atoms with E-state index >= 15 is 0 Å². The predicted octanol–water partition coefficient (Wildman–Crippen LogP) is 9.85. The van der Waals surface area contributed by atoms with E-state index in [9.17, 15) is 0 Å². The summed E-state index contributed by atoms with van der Waals surface area (Å²) in [6, 6.07) is 50.0. The van der Waals surface area contributed by atoms with E-state index in [-0.39, 0.29) is 6.85 Å². The van der Waals surface area contributed by atoms with Crippen LogP contribution in [0.25, 0.3) is 69.6 Å². The average molecular weight is 589 g/mol. The zero-order valence-electron chi connectivity index (χ0n) is 24.6. The number of aromatic nitrogens is 1. The van der Waals surface area contributed by atoms with Crippen LogP contribution in [0.15, 0.2) is 133 Å². The van der Waals surface area contributed by atoms with Crippen LogP contribution in [0, 0.1) is 6.92 Å². The molecule has 0 saturated heterocycles. The van der Waals surface area contributed by atoms with Crippen LogP contribution in [0.4, 0.5) is 11.4 Å². The first kappa shape index (κ1) is 24.1. The second kappa shape index (κ2) is 8.44. The monoisotopic (exact) mass is 588 g/mol. The van der Waals surface area contributed by atoms with E-state index < -0.39 is 0 Å². The van der Waals surface area contributed by atoms with Crippen molar-refractivity contribution in [3.05, 3.63) is 139 Å². The molecule has 0 unspecified atom stereocenters. The molecule has 45 heavy (non-hydrogen) atoms. The highest BCUT2D eigenvalue weighted by Gasteiger charge is 2.45. The second-order valence-electron chi connectivity index (χ2n) is 12.5. The van der Waals surface area contributed by atoms with Gasteiger partial charge >= 0.3 is 6.85 Å². The van der Waals surface area contributed by atoms with Crippen molar-refractivity contribution < 1.29 is 0 Å². The van der Waals surface area contributed by atoms with Crippen molar-refractivity contribution in [3.8, 4) is 16.8 Å². The number of nitrogens with zero attached hydrogens (tertiary/aromatic N) is 2. The lowest BCUT2D eigenvalue weighted by molar-refractivity contribution is 1.19. The quantitative estimate of drug-likeness (QED) is 0.173. The van der Waals surface area contributed by atoms with Crippen molar-refractivity contribution in [3.63, 3.8) is 0 Å². The minimum Gasteiger partial charge on any atom is -0.376 e. The van der Waals surface area contributed by atoms with E-state index in [1.165, 1.54) is 97.4 Å². The summed E-state index contributed by atoms with van der Waals surface area (Å²) in [5, 5.41) is 7.93. The van der Waals surface area contributed by atoms with Crippen LogP contribution < -0.4 is 15.7 Å². The van der Waals surface area contributed by atoms with Crippen molar-refractivity contribution in [2.24, 2.45) is 0 Å². The second-order valence-corrected chi connectivity index (χ2v) is 13.6. The maximum absolute atomic E-state index is 2.66. The van der Waals surface area contributed by atoms with Crippen molar-refractivity contribution >= 4 is 93.2 Å². The molecule has 9 aromatic rings. The van der Waals surface area contributed by atoms with Gasteiger partial charge < -0.3 is 9.38 Å². The molecule has 0 saturated carbocycles. The van der Waals surface area contributed by atoms with E-state index in [0.29, 0.717) is 0 Å². The molecule has 0 aliphatic carbocycles. The molecular formula is C41H25BN2S. The molecule has 0 fully saturated rings. The van der Waals surface area contributed by atoms with Gasteiger partial charge in [0, 0.05) is 53.6 Å². The normalized spacial score (nSPS) is 13.4. The number of fused-ring (bicyclic) bond motifs is 13. The Balaban J connectivity index is 1.44. The molecule has 2 nitrogen and oxygen atoms in total. The molecule has 208 valence electrons. The molecule has 4 heterocycles. The summed E-state index contributed by atoms with van der Waals surface area (Å²) < 4.78 is 5.24. The first-order valence-electron chi connectivity index (χ1n) is 15.7. The standard InChI is InChI=1S/C41H25BN2S/c1-24-11-2-7-18-31(24)44-33-21-22-36-37(29-15-6-9-20-35(29)45-36)39(33)38-26-13-4-3-12-25(26)23-34-40(38)42(44)30-17-10-16-28-27-14-5-8-19-32(27)43(34)41(28)30/h2-23H,1H3. The first-order valence-corrected chi connectivity index (χ1v) is 16.5. The molecule has 4 heteroatoms. The molecule has 0 spiro atoms. The third-order valence-corrected chi connectivity index (χ3v) is 11.4. The lowest BCUT2D eigenvalue weighted by atomic mass is 9.43. The molecule has 0 radical (unpaired) electrons. The highest BCUT2D eigenvalue weighted by Crippen LogP contribution is 2.52. The van der Waals surface area contributed by atoms with Gasteiger partial charge in [-0.25, -0.2) is 0 Å². The minimum absolute atomic E-state index is 0.0241. The minimum atomic E-state index is 0.0241. The average Bonchev–Trinajstić information content (AvgIpc) is 3.63. The lowest BCUT2D eigenvalue weighted by Crippen LogP contribution is -2.60. The zero-order valence-corrected chi connectivity index (χ0v) is 25.4. The van der Waals surface area contributed by atoms with Gasteiger partial charge in [-0.15, -0.1) is 11.3 Å². The SMILES string of the molecule is Cc1ccccc1N1B2c3c(cc4ccccc4c3-c3c1ccc1sc4ccccc4c31)-n1c3ccccc3c3cccc2c31. The predicted molar refractivity (Wildman–Crippen MR) is 195 cm³/mol. The molecule has 2 aliphatic heterocycles. The number of benzene rings is 7. The van der Waals surface area contributed by atoms with Crippen molar-refractivity contribution in [2.75, 3.05) is 4.81 Å². The van der Waals surface area contributed by atoms with E-state index in [1.54, 1.807) is 0 Å².